The van der Waals surface area contributed by atoms with Crippen molar-refractivity contribution < 1.29 is 19.7 Å². The lowest BCUT2D eigenvalue weighted by molar-refractivity contribution is -0.121. The molecule has 118 valence electrons. The van der Waals surface area contributed by atoms with E-state index in [1.54, 1.807) is 13.0 Å². The van der Waals surface area contributed by atoms with Gasteiger partial charge in [-0.3, -0.25) is 0 Å². The molecule has 0 saturated heterocycles. The van der Waals surface area contributed by atoms with Gasteiger partial charge in [-0.25, -0.2) is 4.79 Å². The van der Waals surface area contributed by atoms with Crippen LogP contribution in [-0.4, -0.2) is 21.8 Å². The van der Waals surface area contributed by atoms with Crippen molar-refractivity contribution in [2.24, 2.45) is 17.3 Å². The summed E-state index contributed by atoms with van der Waals surface area (Å²) in [5, 5.41) is 20.1. The number of aromatic carboxylic acids is 1. The van der Waals surface area contributed by atoms with Gasteiger partial charge >= 0.3 is 5.97 Å². The second-order valence-electron chi connectivity index (χ2n) is 8.02. The number of carboxylic acid groups (broad SMARTS) is 1. The number of rotatable bonds is 1. The van der Waals surface area contributed by atoms with Crippen LogP contribution in [-0.2, 0) is 0 Å². The number of carboxylic acids is 1. The molecule has 1 heterocycles. The molecular weight excluding hydrogens is 280 g/mol. The molecule has 4 unspecified atom stereocenters. The first-order chi connectivity index (χ1) is 10.2. The second-order valence-corrected chi connectivity index (χ2v) is 8.02. The summed E-state index contributed by atoms with van der Waals surface area (Å²) in [4.78, 5) is 11.5. The van der Waals surface area contributed by atoms with Gasteiger partial charge in [-0.05, 0) is 49.7 Å². The molecule has 1 aromatic rings. The predicted octanol–water partition coefficient (Wildman–Crippen LogP) is 3.70. The summed E-state index contributed by atoms with van der Waals surface area (Å²) in [5.41, 5.74) is 1.18. The molecule has 3 aliphatic rings. The van der Waals surface area contributed by atoms with Gasteiger partial charge in [-0.2, -0.15) is 0 Å². The first-order valence-electron chi connectivity index (χ1n) is 7.97. The van der Waals surface area contributed by atoms with Gasteiger partial charge in [0.2, 0.25) is 0 Å². The zero-order valence-corrected chi connectivity index (χ0v) is 13.4. The van der Waals surface area contributed by atoms with Gasteiger partial charge in [-0.1, -0.05) is 13.8 Å². The van der Waals surface area contributed by atoms with Crippen LogP contribution in [0.15, 0.2) is 6.07 Å². The topological polar surface area (TPSA) is 66.8 Å². The highest BCUT2D eigenvalue weighted by Gasteiger charge is 2.69. The zero-order chi connectivity index (χ0) is 16.0. The first kappa shape index (κ1) is 13.9. The summed E-state index contributed by atoms with van der Waals surface area (Å²) in [6.45, 7) is 8.35. The first-order valence-corrected chi connectivity index (χ1v) is 7.97. The van der Waals surface area contributed by atoms with Gasteiger partial charge in [0, 0.05) is 17.4 Å². The van der Waals surface area contributed by atoms with E-state index < -0.39 is 5.97 Å². The van der Waals surface area contributed by atoms with Gasteiger partial charge in [0.1, 0.15) is 22.7 Å². The fraction of sp³-hybridized carbons (Fsp3) is 0.611. The van der Waals surface area contributed by atoms with E-state index in [1.807, 2.05) is 0 Å². The molecule has 2 fully saturated rings. The summed E-state index contributed by atoms with van der Waals surface area (Å²) in [5.74, 6) is 0.652. The largest absolute Gasteiger partial charge is 0.507 e. The van der Waals surface area contributed by atoms with Crippen molar-refractivity contribution in [2.45, 2.75) is 52.1 Å². The maximum Gasteiger partial charge on any atom is 0.339 e. The van der Waals surface area contributed by atoms with Crippen LogP contribution in [0.3, 0.4) is 0 Å². The van der Waals surface area contributed by atoms with Crippen molar-refractivity contribution in [2.75, 3.05) is 0 Å². The van der Waals surface area contributed by atoms with Crippen molar-refractivity contribution >= 4 is 5.97 Å². The van der Waals surface area contributed by atoms with Crippen molar-refractivity contribution in [3.63, 3.8) is 0 Å². The number of hydrogen-bond donors (Lipinski definition) is 2. The summed E-state index contributed by atoms with van der Waals surface area (Å²) in [6.07, 6.45) is 2.17. The Labute approximate surface area is 130 Å². The van der Waals surface area contributed by atoms with E-state index in [2.05, 4.69) is 20.8 Å². The molecule has 1 aliphatic heterocycles. The minimum atomic E-state index is -1.08. The minimum Gasteiger partial charge on any atom is -0.507 e. The molecule has 0 aromatic heterocycles. The highest BCUT2D eigenvalue weighted by molar-refractivity contribution is 5.94. The monoisotopic (exact) mass is 302 g/mol. The Bertz CT molecular complexity index is 706. The molecule has 4 atom stereocenters. The number of phenols is 1. The molecule has 2 N–H and O–H groups in total. The Morgan fingerprint density at radius 2 is 2.05 bits per heavy atom. The van der Waals surface area contributed by atoms with E-state index in [0.717, 1.165) is 12.8 Å². The summed E-state index contributed by atoms with van der Waals surface area (Å²) in [7, 11) is 0. The van der Waals surface area contributed by atoms with Crippen LogP contribution in [0.5, 0.6) is 11.5 Å². The van der Waals surface area contributed by atoms with Gasteiger partial charge in [0.15, 0.2) is 0 Å². The van der Waals surface area contributed by atoms with E-state index in [1.165, 1.54) is 0 Å². The molecule has 4 nitrogen and oxygen atoms in total. The van der Waals surface area contributed by atoms with E-state index in [4.69, 9.17) is 4.74 Å². The molecule has 2 saturated carbocycles. The predicted molar refractivity (Wildman–Crippen MR) is 81.6 cm³/mol. The molecule has 0 spiro atoms. The third-order valence-electron chi connectivity index (χ3n) is 6.57. The molecule has 0 bridgehead atoms. The summed E-state index contributed by atoms with van der Waals surface area (Å²) in [6, 6.07) is 1.79. The lowest BCUT2D eigenvalue weighted by Gasteiger charge is -2.62. The van der Waals surface area contributed by atoms with Crippen LogP contribution in [0.2, 0.25) is 0 Å². The van der Waals surface area contributed by atoms with Crippen LogP contribution in [0.25, 0.3) is 0 Å². The van der Waals surface area contributed by atoms with Crippen LogP contribution in [0.1, 0.15) is 61.0 Å². The normalized spacial score (nSPS) is 36.8. The van der Waals surface area contributed by atoms with Crippen molar-refractivity contribution in [3.05, 3.63) is 22.8 Å². The van der Waals surface area contributed by atoms with Crippen molar-refractivity contribution in [3.8, 4) is 11.5 Å². The van der Waals surface area contributed by atoms with E-state index >= 15 is 0 Å². The van der Waals surface area contributed by atoms with Crippen molar-refractivity contribution in [1.29, 1.82) is 0 Å². The van der Waals surface area contributed by atoms with Crippen LogP contribution in [0, 0.1) is 24.2 Å². The van der Waals surface area contributed by atoms with Crippen LogP contribution < -0.4 is 4.74 Å². The highest BCUT2D eigenvalue weighted by atomic mass is 16.5. The number of fused-ring (bicyclic) bond motifs is 2. The fourth-order valence-corrected chi connectivity index (χ4v) is 5.57. The van der Waals surface area contributed by atoms with Gasteiger partial charge < -0.3 is 14.9 Å². The molecule has 4 heteroatoms. The van der Waals surface area contributed by atoms with Crippen LogP contribution >= 0.6 is 0 Å². The van der Waals surface area contributed by atoms with Gasteiger partial charge in [0.05, 0.1) is 0 Å². The van der Waals surface area contributed by atoms with Crippen molar-refractivity contribution in [1.82, 2.24) is 0 Å². The third kappa shape index (κ3) is 1.37. The lowest BCUT2D eigenvalue weighted by Crippen LogP contribution is -2.59. The maximum absolute atomic E-state index is 11.5. The Balaban J connectivity index is 1.98. The second kappa shape index (κ2) is 3.79. The van der Waals surface area contributed by atoms with Gasteiger partial charge in [-0.15, -0.1) is 0 Å². The number of ether oxygens (including phenoxy) is 1. The number of benzene rings is 1. The average Bonchev–Trinajstić information content (AvgIpc) is 2.71. The summed E-state index contributed by atoms with van der Waals surface area (Å²) < 4.78 is 6.28. The number of carbonyl (C=O) groups is 1. The van der Waals surface area contributed by atoms with Gasteiger partial charge in [0.25, 0.3) is 0 Å². The standard InChI is InChI=1S/C18H22O4/c1-8-7-10-12(15(19)11(8)16(20)21)14-13-9(17(14,2)3)5-6-18(13,4)22-10/h7,9,13-14,19H,5-6H2,1-4H3,(H,20,21). The average molecular weight is 302 g/mol. The zero-order valence-electron chi connectivity index (χ0n) is 13.4. The number of hydrogen-bond acceptors (Lipinski definition) is 3. The minimum absolute atomic E-state index is 0.0169. The Kier molecular flexibility index (Phi) is 2.39. The highest BCUT2D eigenvalue weighted by Crippen LogP contribution is 2.74. The van der Waals surface area contributed by atoms with E-state index in [0.29, 0.717) is 28.7 Å². The lowest BCUT2D eigenvalue weighted by atomic mass is 9.45. The van der Waals surface area contributed by atoms with Crippen LogP contribution in [0.4, 0.5) is 0 Å². The Morgan fingerprint density at radius 3 is 2.68 bits per heavy atom. The Morgan fingerprint density at radius 1 is 1.36 bits per heavy atom. The molecule has 2 aliphatic carbocycles. The Hall–Kier alpha value is -1.71. The summed E-state index contributed by atoms with van der Waals surface area (Å²) >= 11 is 0. The maximum atomic E-state index is 11.5. The fourth-order valence-electron chi connectivity index (χ4n) is 5.57. The van der Waals surface area contributed by atoms with E-state index in [-0.39, 0.29) is 28.2 Å². The molecule has 4 rings (SSSR count). The number of aromatic hydroxyl groups is 1. The van der Waals surface area contributed by atoms with E-state index in [9.17, 15) is 15.0 Å². The molecule has 22 heavy (non-hydrogen) atoms. The molecule has 1 aromatic carbocycles. The molecule has 0 radical (unpaired) electrons. The smallest absolute Gasteiger partial charge is 0.339 e. The third-order valence-corrected chi connectivity index (χ3v) is 6.57. The quantitative estimate of drug-likeness (QED) is 0.830. The molecule has 0 amide bonds. The number of aryl methyl sites for hydroxylation is 1. The molecular formula is C18H22O4. The SMILES string of the molecule is Cc1cc2c(c(O)c1C(=O)O)C1C3C(CCC3(C)O2)C1(C)C.